The molecule has 1 atom stereocenters. The minimum Gasteiger partial charge on any atom is -0.368 e. The van der Waals surface area contributed by atoms with Gasteiger partial charge in [-0.05, 0) is 25.0 Å². The molecule has 0 radical (unpaired) electrons. The number of para-hydroxylation sites is 1. The standard InChI is InChI=1S/C17H19N5O3/c1-11-8-12-4-2-3-5-15(12)21(11)7-6-19-17-14(16(18)23)9-13(10-20-17)22(24)25/h2-5,9-11H,6-8H2,1H3,(H2,18,23)(H,19,20). The number of anilines is 2. The van der Waals surface area contributed by atoms with E-state index < -0.39 is 10.8 Å². The van der Waals surface area contributed by atoms with E-state index in [1.54, 1.807) is 0 Å². The van der Waals surface area contributed by atoms with Crippen molar-refractivity contribution in [1.82, 2.24) is 4.98 Å². The van der Waals surface area contributed by atoms with Gasteiger partial charge in [-0.25, -0.2) is 4.98 Å². The average molecular weight is 341 g/mol. The third-order valence-electron chi connectivity index (χ3n) is 4.34. The van der Waals surface area contributed by atoms with Gasteiger partial charge in [0.05, 0.1) is 10.5 Å². The zero-order valence-electron chi connectivity index (χ0n) is 13.8. The summed E-state index contributed by atoms with van der Waals surface area (Å²) in [6.45, 7) is 3.41. The highest BCUT2D eigenvalue weighted by molar-refractivity contribution is 5.98. The highest BCUT2D eigenvalue weighted by atomic mass is 16.6. The monoisotopic (exact) mass is 341 g/mol. The predicted octanol–water partition coefficient (Wildman–Crippen LogP) is 1.95. The maximum Gasteiger partial charge on any atom is 0.288 e. The summed E-state index contributed by atoms with van der Waals surface area (Å²) in [6.07, 6.45) is 2.11. The van der Waals surface area contributed by atoms with E-state index in [4.69, 9.17) is 5.73 Å². The summed E-state index contributed by atoms with van der Waals surface area (Å²) in [4.78, 5) is 28.0. The van der Waals surface area contributed by atoms with Crippen molar-refractivity contribution in [1.29, 1.82) is 0 Å². The van der Waals surface area contributed by atoms with Gasteiger partial charge in [0.2, 0.25) is 0 Å². The summed E-state index contributed by atoms with van der Waals surface area (Å²) >= 11 is 0. The first-order chi connectivity index (χ1) is 12.0. The number of nitrogens with two attached hydrogens (primary N) is 1. The highest BCUT2D eigenvalue weighted by Crippen LogP contribution is 2.31. The van der Waals surface area contributed by atoms with E-state index >= 15 is 0 Å². The van der Waals surface area contributed by atoms with Crippen LogP contribution in [0.5, 0.6) is 0 Å². The number of fused-ring (bicyclic) bond motifs is 1. The van der Waals surface area contributed by atoms with Crippen LogP contribution in [0.15, 0.2) is 36.5 Å². The summed E-state index contributed by atoms with van der Waals surface area (Å²) in [5, 5.41) is 13.9. The van der Waals surface area contributed by atoms with Gasteiger partial charge in [-0.1, -0.05) is 18.2 Å². The lowest BCUT2D eigenvalue weighted by Crippen LogP contribution is -2.34. The molecule has 1 aliphatic heterocycles. The Morgan fingerprint density at radius 1 is 1.48 bits per heavy atom. The van der Waals surface area contributed by atoms with Gasteiger partial charge in [-0.2, -0.15) is 0 Å². The van der Waals surface area contributed by atoms with Crippen molar-refractivity contribution in [2.24, 2.45) is 5.73 Å². The smallest absolute Gasteiger partial charge is 0.288 e. The Balaban J connectivity index is 1.70. The number of carbonyl (C=O) groups excluding carboxylic acids is 1. The number of nitrogens with zero attached hydrogens (tertiary/aromatic N) is 3. The van der Waals surface area contributed by atoms with E-state index in [0.717, 1.165) is 25.2 Å². The Morgan fingerprint density at radius 3 is 2.96 bits per heavy atom. The van der Waals surface area contributed by atoms with E-state index in [-0.39, 0.29) is 17.1 Å². The molecule has 1 amide bonds. The van der Waals surface area contributed by atoms with E-state index in [1.807, 2.05) is 12.1 Å². The number of hydrogen-bond acceptors (Lipinski definition) is 6. The number of amides is 1. The molecule has 130 valence electrons. The van der Waals surface area contributed by atoms with E-state index in [9.17, 15) is 14.9 Å². The van der Waals surface area contributed by atoms with Gasteiger partial charge in [0.25, 0.3) is 11.6 Å². The molecule has 1 aromatic carbocycles. The molecule has 8 heteroatoms. The fourth-order valence-corrected chi connectivity index (χ4v) is 3.15. The van der Waals surface area contributed by atoms with Gasteiger partial charge in [0, 0.05) is 30.9 Å². The maximum atomic E-state index is 11.5. The molecule has 0 bridgehead atoms. The van der Waals surface area contributed by atoms with E-state index in [0.29, 0.717) is 12.6 Å². The van der Waals surface area contributed by atoms with Crippen molar-refractivity contribution >= 4 is 23.1 Å². The van der Waals surface area contributed by atoms with Crippen LogP contribution < -0.4 is 16.0 Å². The minimum absolute atomic E-state index is 0.0177. The van der Waals surface area contributed by atoms with Crippen molar-refractivity contribution in [2.45, 2.75) is 19.4 Å². The van der Waals surface area contributed by atoms with Crippen LogP contribution in [0.25, 0.3) is 0 Å². The summed E-state index contributed by atoms with van der Waals surface area (Å²) in [7, 11) is 0. The predicted molar refractivity (Wildman–Crippen MR) is 94.9 cm³/mol. The molecule has 1 unspecified atom stereocenters. The third kappa shape index (κ3) is 3.37. The van der Waals surface area contributed by atoms with Crippen LogP contribution in [0.1, 0.15) is 22.8 Å². The molecule has 25 heavy (non-hydrogen) atoms. The summed E-state index contributed by atoms with van der Waals surface area (Å²) < 4.78 is 0. The van der Waals surface area contributed by atoms with Gasteiger partial charge < -0.3 is 16.0 Å². The third-order valence-corrected chi connectivity index (χ3v) is 4.34. The minimum atomic E-state index is -0.751. The molecule has 0 saturated carbocycles. The molecule has 1 aliphatic rings. The lowest BCUT2D eigenvalue weighted by atomic mass is 10.1. The Hall–Kier alpha value is -3.16. The fraction of sp³-hybridized carbons (Fsp3) is 0.294. The zero-order valence-corrected chi connectivity index (χ0v) is 13.8. The van der Waals surface area contributed by atoms with Gasteiger partial charge in [0.15, 0.2) is 0 Å². The normalized spacial score (nSPS) is 15.7. The molecule has 3 rings (SSSR count). The summed E-state index contributed by atoms with van der Waals surface area (Å²) in [6, 6.07) is 9.80. The lowest BCUT2D eigenvalue weighted by Gasteiger charge is -2.25. The molecule has 0 spiro atoms. The van der Waals surface area contributed by atoms with Crippen LogP contribution in [0.2, 0.25) is 0 Å². The molecule has 3 N–H and O–H groups in total. The Labute approximate surface area is 144 Å². The fourth-order valence-electron chi connectivity index (χ4n) is 3.15. The Bertz CT molecular complexity index is 824. The van der Waals surface area contributed by atoms with Crippen LogP contribution in [-0.2, 0) is 6.42 Å². The highest BCUT2D eigenvalue weighted by Gasteiger charge is 2.25. The number of aromatic nitrogens is 1. The maximum absolute atomic E-state index is 11.5. The van der Waals surface area contributed by atoms with Crippen molar-refractivity contribution < 1.29 is 9.72 Å². The number of nitro groups is 1. The molecule has 1 aromatic heterocycles. The molecule has 0 fully saturated rings. The lowest BCUT2D eigenvalue weighted by molar-refractivity contribution is -0.385. The summed E-state index contributed by atoms with van der Waals surface area (Å²) in [5.74, 6) is -0.489. The van der Waals surface area contributed by atoms with E-state index in [2.05, 4.69) is 34.3 Å². The second kappa shape index (κ2) is 6.76. The number of carbonyl (C=O) groups is 1. The molecule has 2 aromatic rings. The van der Waals surface area contributed by atoms with Crippen LogP contribution in [0.4, 0.5) is 17.2 Å². The van der Waals surface area contributed by atoms with Crippen molar-refractivity contribution in [2.75, 3.05) is 23.3 Å². The number of pyridine rings is 1. The SMILES string of the molecule is CC1Cc2ccccc2N1CCNc1ncc([N+](=O)[O-])cc1C(N)=O. The molecular formula is C17H19N5O3. The van der Waals surface area contributed by atoms with Gasteiger partial charge in [0.1, 0.15) is 12.0 Å². The van der Waals surface area contributed by atoms with E-state index in [1.165, 1.54) is 11.3 Å². The summed E-state index contributed by atoms with van der Waals surface area (Å²) in [5.41, 5.74) is 7.60. The first-order valence-corrected chi connectivity index (χ1v) is 8.00. The van der Waals surface area contributed by atoms with Crippen molar-refractivity contribution in [3.05, 3.63) is 57.8 Å². The zero-order chi connectivity index (χ0) is 18.0. The topological polar surface area (TPSA) is 114 Å². The number of benzene rings is 1. The van der Waals surface area contributed by atoms with Crippen LogP contribution in [-0.4, -0.2) is 34.9 Å². The molecular weight excluding hydrogens is 322 g/mol. The van der Waals surface area contributed by atoms with Crippen molar-refractivity contribution in [3.63, 3.8) is 0 Å². The Morgan fingerprint density at radius 2 is 2.24 bits per heavy atom. The van der Waals surface area contributed by atoms with Crippen molar-refractivity contribution in [3.8, 4) is 0 Å². The van der Waals surface area contributed by atoms with Crippen LogP contribution in [0.3, 0.4) is 0 Å². The first kappa shape index (κ1) is 16.7. The van der Waals surface area contributed by atoms with Crippen LogP contribution in [0, 0.1) is 10.1 Å². The Kier molecular flexibility index (Phi) is 4.51. The molecule has 8 nitrogen and oxygen atoms in total. The first-order valence-electron chi connectivity index (χ1n) is 8.00. The number of primary amides is 1. The average Bonchev–Trinajstić information content (AvgIpc) is 2.90. The number of rotatable bonds is 6. The quantitative estimate of drug-likeness (QED) is 0.613. The van der Waals surface area contributed by atoms with Gasteiger partial charge >= 0.3 is 0 Å². The molecule has 0 aliphatic carbocycles. The molecule has 0 saturated heterocycles. The largest absolute Gasteiger partial charge is 0.368 e. The number of nitrogens with one attached hydrogen (secondary N) is 1. The molecule has 2 heterocycles. The number of hydrogen-bond donors (Lipinski definition) is 2. The second-order valence-electron chi connectivity index (χ2n) is 6.01. The van der Waals surface area contributed by atoms with Gasteiger partial charge in [-0.15, -0.1) is 0 Å². The van der Waals surface area contributed by atoms with Gasteiger partial charge in [-0.3, -0.25) is 14.9 Å². The van der Waals surface area contributed by atoms with Crippen LogP contribution >= 0.6 is 0 Å². The second-order valence-corrected chi connectivity index (χ2v) is 6.01.